The van der Waals surface area contributed by atoms with Gasteiger partial charge in [0.2, 0.25) is 5.91 Å². The Morgan fingerprint density at radius 1 is 1.47 bits per heavy atom. The second kappa shape index (κ2) is 7.95. The van der Waals surface area contributed by atoms with E-state index in [1.807, 2.05) is 0 Å². The number of aliphatic hydroxyl groups excluding tert-OH is 3. The average molecular weight is 300 g/mol. The van der Waals surface area contributed by atoms with E-state index in [-0.39, 0.29) is 19.0 Å². The van der Waals surface area contributed by atoms with E-state index in [1.54, 1.807) is 12.4 Å². The van der Waals surface area contributed by atoms with E-state index in [1.165, 1.54) is 4.90 Å². The topological polar surface area (TPSA) is 139 Å². The second-order valence-electron chi connectivity index (χ2n) is 4.67. The zero-order valence-corrected chi connectivity index (χ0v) is 11.5. The lowest BCUT2D eigenvalue weighted by Crippen LogP contribution is -2.57. The number of carbonyl (C=O) groups excluding carboxylic acids is 1. The maximum Gasteiger partial charge on any atom is 0.220 e. The van der Waals surface area contributed by atoms with E-state index >= 15 is 0 Å². The van der Waals surface area contributed by atoms with E-state index in [2.05, 4.69) is 0 Å². The number of nitrogens with zero attached hydrogens (tertiary/aromatic N) is 1. The van der Waals surface area contributed by atoms with Gasteiger partial charge in [-0.2, -0.15) is 5.48 Å². The molecule has 1 aliphatic heterocycles. The van der Waals surface area contributed by atoms with Gasteiger partial charge >= 0.3 is 0 Å². The van der Waals surface area contributed by atoms with Crippen molar-refractivity contribution in [2.24, 2.45) is 17.6 Å². The van der Waals surface area contributed by atoms with Crippen LogP contribution in [0.15, 0.2) is 0 Å². The Labute approximate surface area is 117 Å². The van der Waals surface area contributed by atoms with Gasteiger partial charge in [-0.15, -0.1) is 12.4 Å². The summed E-state index contributed by atoms with van der Waals surface area (Å²) in [6.07, 6.45) is -2.50. The predicted molar refractivity (Wildman–Crippen MR) is 68.0 cm³/mol. The first-order valence-corrected chi connectivity index (χ1v) is 5.87. The fraction of sp³-hybridized carbons (Fsp3) is 0.900. The van der Waals surface area contributed by atoms with Crippen molar-refractivity contribution in [3.8, 4) is 0 Å². The lowest BCUT2D eigenvalue weighted by Gasteiger charge is -2.43. The molecule has 0 spiro atoms. The number of hydroxylamine groups is 1. The van der Waals surface area contributed by atoms with Gasteiger partial charge in [-0.3, -0.25) is 4.79 Å². The van der Waals surface area contributed by atoms with Crippen LogP contribution in [0.25, 0.3) is 0 Å². The molecular weight excluding hydrogens is 278 g/mol. The predicted octanol–water partition coefficient (Wildman–Crippen LogP) is -1.82. The van der Waals surface area contributed by atoms with Crippen LogP contribution < -0.4 is 11.2 Å². The van der Waals surface area contributed by atoms with Gasteiger partial charge in [0.15, 0.2) is 0 Å². The Kier molecular flexibility index (Phi) is 7.75. The third-order valence-corrected chi connectivity index (χ3v) is 3.49. The molecule has 0 bridgehead atoms. The molecular formula is C10H22ClN3O5. The van der Waals surface area contributed by atoms with Crippen molar-refractivity contribution >= 4 is 18.3 Å². The molecule has 0 aromatic rings. The van der Waals surface area contributed by atoms with E-state index in [4.69, 9.17) is 10.9 Å². The van der Waals surface area contributed by atoms with Gasteiger partial charge in [0.1, 0.15) is 18.7 Å². The van der Waals surface area contributed by atoms with Gasteiger partial charge in [0.05, 0.1) is 0 Å². The summed E-state index contributed by atoms with van der Waals surface area (Å²) in [5, 5.41) is 37.7. The van der Waals surface area contributed by atoms with Crippen LogP contribution >= 0.6 is 12.4 Å². The number of amides is 1. The molecule has 0 radical (unpaired) electrons. The minimum atomic E-state index is -1.29. The Hall–Kier alpha value is -0.480. The number of nitrogens with one attached hydrogen (secondary N) is 1. The van der Waals surface area contributed by atoms with Crippen molar-refractivity contribution < 1.29 is 25.3 Å². The maximum absolute atomic E-state index is 11.1. The smallest absolute Gasteiger partial charge is 0.220 e. The third kappa shape index (κ3) is 4.53. The molecule has 5 atom stereocenters. The molecule has 0 unspecified atom stereocenters. The summed E-state index contributed by atoms with van der Waals surface area (Å²) in [6, 6.07) is 0. The number of likely N-dealkylation sites (tertiary alicyclic amines) is 1. The minimum absolute atomic E-state index is 0. The molecule has 0 aromatic heterocycles. The number of nitrogens with two attached hydrogens (primary N) is 1. The number of hydrogen-bond donors (Lipinski definition) is 6. The first-order chi connectivity index (χ1) is 8.38. The lowest BCUT2D eigenvalue weighted by molar-refractivity contribution is -0.185. The van der Waals surface area contributed by atoms with Crippen LogP contribution in [0.5, 0.6) is 0 Å². The number of aliphatic hydroxyl groups is 3. The normalized spacial score (nSPS) is 31.3. The van der Waals surface area contributed by atoms with Crippen LogP contribution in [0.1, 0.15) is 19.8 Å². The van der Waals surface area contributed by atoms with E-state index in [0.29, 0.717) is 12.8 Å². The molecule has 9 heteroatoms. The summed E-state index contributed by atoms with van der Waals surface area (Å²) in [4.78, 5) is 12.4. The number of hydrogen-bond acceptors (Lipinski definition) is 7. The van der Waals surface area contributed by atoms with Crippen molar-refractivity contribution in [2.45, 2.75) is 38.4 Å². The van der Waals surface area contributed by atoms with Crippen LogP contribution in [0.3, 0.4) is 0 Å². The van der Waals surface area contributed by atoms with Crippen molar-refractivity contribution in [1.29, 1.82) is 0 Å². The summed E-state index contributed by atoms with van der Waals surface area (Å²) < 4.78 is 0. The highest BCUT2D eigenvalue weighted by Gasteiger charge is 2.40. The Morgan fingerprint density at radius 3 is 2.53 bits per heavy atom. The Morgan fingerprint density at radius 2 is 2.05 bits per heavy atom. The number of β-amino-alcohol motifs (C(OH)–C–C–N with tert-alkyl or cyclic N) is 1. The van der Waals surface area contributed by atoms with Crippen molar-refractivity contribution in [2.75, 3.05) is 6.54 Å². The summed E-state index contributed by atoms with van der Waals surface area (Å²) in [5.41, 5.74) is 6.82. The van der Waals surface area contributed by atoms with Gasteiger partial charge < -0.3 is 26.3 Å². The molecule has 1 aliphatic rings. The second-order valence-corrected chi connectivity index (χ2v) is 4.67. The first-order valence-electron chi connectivity index (χ1n) is 5.87. The zero-order valence-electron chi connectivity index (χ0n) is 10.6. The maximum atomic E-state index is 11.1. The highest BCUT2D eigenvalue weighted by Crippen LogP contribution is 2.31. The summed E-state index contributed by atoms with van der Waals surface area (Å²) in [7, 11) is 0. The number of primary amides is 1. The molecule has 0 aliphatic carbocycles. The molecule has 19 heavy (non-hydrogen) atoms. The van der Waals surface area contributed by atoms with E-state index in [0.717, 1.165) is 0 Å². The molecule has 1 saturated heterocycles. The lowest BCUT2D eigenvalue weighted by atomic mass is 9.84. The van der Waals surface area contributed by atoms with Gasteiger partial charge in [-0.1, -0.05) is 6.92 Å². The van der Waals surface area contributed by atoms with Gasteiger partial charge in [-0.25, -0.2) is 4.90 Å². The van der Waals surface area contributed by atoms with Crippen LogP contribution in [0, 0.1) is 11.8 Å². The zero-order chi connectivity index (χ0) is 13.9. The molecule has 8 nitrogen and oxygen atoms in total. The Bertz CT molecular complexity index is 296. The molecule has 0 saturated carbocycles. The van der Waals surface area contributed by atoms with Gasteiger partial charge in [0, 0.05) is 18.4 Å². The number of piperidine rings is 1. The van der Waals surface area contributed by atoms with Crippen LogP contribution in [0.4, 0.5) is 0 Å². The molecule has 1 fully saturated rings. The largest absolute Gasteiger partial charge is 0.378 e. The highest BCUT2D eigenvalue weighted by molar-refractivity contribution is 5.85. The standard InChI is InChI=1S/C10H21N3O5.ClH/c1-5(9(11)16)6-2-3-8(15)13(10(6)17)4-7(14)12-18;/h5-8,10,12,14-15,17-18H,2-4H2,1H3,(H2,11,16);1H/t5-,6-,7-,8-,10-;/m0./s1. The monoisotopic (exact) mass is 299 g/mol. The van der Waals surface area contributed by atoms with Gasteiger partial charge in [0.25, 0.3) is 0 Å². The molecule has 1 amide bonds. The van der Waals surface area contributed by atoms with Crippen LogP contribution in [0.2, 0.25) is 0 Å². The summed E-state index contributed by atoms with van der Waals surface area (Å²) in [6.45, 7) is 1.45. The Balaban J connectivity index is 0.00000324. The fourth-order valence-electron chi connectivity index (χ4n) is 2.27. The van der Waals surface area contributed by atoms with E-state index < -0.39 is 36.4 Å². The number of halogens is 1. The molecule has 0 aromatic carbocycles. The van der Waals surface area contributed by atoms with Crippen molar-refractivity contribution in [3.05, 3.63) is 0 Å². The van der Waals surface area contributed by atoms with Crippen molar-refractivity contribution in [3.63, 3.8) is 0 Å². The summed E-state index contributed by atoms with van der Waals surface area (Å²) >= 11 is 0. The van der Waals surface area contributed by atoms with E-state index in [9.17, 15) is 20.1 Å². The first kappa shape index (κ1) is 18.5. The number of carbonyl (C=O) groups is 1. The SMILES string of the molecule is C[C@H](C(N)=O)[C@@H]1CC[C@H](O)N(C[C@H](O)NO)[C@H]1O.Cl. The number of rotatable bonds is 5. The van der Waals surface area contributed by atoms with Gasteiger partial charge in [-0.05, 0) is 12.8 Å². The van der Waals surface area contributed by atoms with Crippen LogP contribution in [-0.4, -0.2) is 56.6 Å². The average Bonchev–Trinajstić information content (AvgIpc) is 2.33. The fourth-order valence-corrected chi connectivity index (χ4v) is 2.27. The highest BCUT2D eigenvalue weighted by atomic mass is 35.5. The molecule has 7 N–H and O–H groups in total. The molecule has 114 valence electrons. The third-order valence-electron chi connectivity index (χ3n) is 3.49. The van der Waals surface area contributed by atoms with Crippen LogP contribution in [-0.2, 0) is 4.79 Å². The molecule has 1 rings (SSSR count). The molecule has 1 heterocycles. The quantitative estimate of drug-likeness (QED) is 0.259. The minimum Gasteiger partial charge on any atom is -0.378 e. The van der Waals surface area contributed by atoms with Crippen molar-refractivity contribution in [1.82, 2.24) is 10.4 Å². The summed E-state index contributed by atoms with van der Waals surface area (Å²) in [5.74, 6) is -1.46.